The fourth-order valence-corrected chi connectivity index (χ4v) is 5.19. The van der Waals surface area contributed by atoms with Gasteiger partial charge in [0.25, 0.3) is 5.91 Å². The van der Waals surface area contributed by atoms with E-state index in [9.17, 15) is 14.4 Å². The van der Waals surface area contributed by atoms with Crippen LogP contribution in [0.2, 0.25) is 0 Å². The van der Waals surface area contributed by atoms with Crippen LogP contribution in [-0.2, 0) is 14.3 Å². The van der Waals surface area contributed by atoms with Gasteiger partial charge in [0.1, 0.15) is 6.04 Å². The van der Waals surface area contributed by atoms with Crippen LogP contribution in [0.3, 0.4) is 0 Å². The molecular formula is C24H39N5O4S. The third kappa shape index (κ3) is 7.24. The van der Waals surface area contributed by atoms with Crippen molar-refractivity contribution in [1.82, 2.24) is 20.0 Å². The monoisotopic (exact) mass is 493 g/mol. The van der Waals surface area contributed by atoms with Crippen LogP contribution >= 0.6 is 11.3 Å². The summed E-state index contributed by atoms with van der Waals surface area (Å²) in [6.45, 7) is 11.6. The molecule has 3 heterocycles. The maximum Gasteiger partial charge on any atom is 0.264 e. The van der Waals surface area contributed by atoms with E-state index < -0.39 is 6.04 Å². The van der Waals surface area contributed by atoms with Crippen molar-refractivity contribution in [3.63, 3.8) is 0 Å². The second kappa shape index (κ2) is 12.1. The minimum absolute atomic E-state index is 0.0669. The molecule has 0 aromatic carbocycles. The zero-order chi connectivity index (χ0) is 24.7. The van der Waals surface area contributed by atoms with Gasteiger partial charge in [0.05, 0.1) is 24.1 Å². The van der Waals surface area contributed by atoms with Crippen LogP contribution in [0.4, 0.5) is 0 Å². The Bertz CT molecular complexity index is 820. The number of hydrogen-bond acceptors (Lipinski definition) is 7. The Morgan fingerprint density at radius 2 is 2.00 bits per heavy atom. The average molecular weight is 494 g/mol. The summed E-state index contributed by atoms with van der Waals surface area (Å²) in [5.41, 5.74) is 5.42. The van der Waals surface area contributed by atoms with Crippen LogP contribution < -0.4 is 11.1 Å². The van der Waals surface area contributed by atoms with Crippen LogP contribution in [0.1, 0.15) is 43.3 Å². The van der Waals surface area contributed by atoms with Gasteiger partial charge in [-0.1, -0.05) is 26.8 Å². The lowest BCUT2D eigenvalue weighted by atomic mass is 9.91. The fraction of sp³-hybridized carbons (Fsp3) is 0.708. The zero-order valence-electron chi connectivity index (χ0n) is 20.6. The highest BCUT2D eigenvalue weighted by atomic mass is 32.1. The highest BCUT2D eigenvalue weighted by Gasteiger charge is 2.43. The first kappa shape index (κ1) is 26.6. The molecule has 0 bridgehead atoms. The van der Waals surface area contributed by atoms with Gasteiger partial charge in [-0.05, 0) is 23.3 Å². The van der Waals surface area contributed by atoms with Gasteiger partial charge >= 0.3 is 0 Å². The van der Waals surface area contributed by atoms with Crippen molar-refractivity contribution in [2.24, 2.45) is 11.1 Å². The largest absolute Gasteiger partial charge is 0.379 e. The topological polar surface area (TPSA) is 108 Å². The SMILES string of the molecule is CC(C)(C)CC(=O)N(CCN1CCOCC1)C1CC(C(=O)NCCN)N(C(=O)c2cccs2)C1. The summed E-state index contributed by atoms with van der Waals surface area (Å²) in [6, 6.07) is 2.76. The molecular weight excluding hydrogens is 454 g/mol. The molecule has 3 amide bonds. The molecule has 1 aromatic heterocycles. The van der Waals surface area contributed by atoms with Gasteiger partial charge in [0.15, 0.2) is 0 Å². The first-order valence-electron chi connectivity index (χ1n) is 12.1. The summed E-state index contributed by atoms with van der Waals surface area (Å²) in [5, 5.41) is 4.69. The normalized spacial score (nSPS) is 21.5. The number of morpholine rings is 1. The van der Waals surface area contributed by atoms with Crippen molar-refractivity contribution in [3.05, 3.63) is 22.4 Å². The maximum atomic E-state index is 13.4. The summed E-state index contributed by atoms with van der Waals surface area (Å²) < 4.78 is 5.45. The van der Waals surface area contributed by atoms with Crippen molar-refractivity contribution < 1.29 is 19.1 Å². The summed E-state index contributed by atoms with van der Waals surface area (Å²) in [5.74, 6) is -0.312. The Labute approximate surface area is 206 Å². The van der Waals surface area contributed by atoms with E-state index >= 15 is 0 Å². The molecule has 9 nitrogen and oxygen atoms in total. The Hall–Kier alpha value is -2.01. The second-order valence-corrected chi connectivity index (χ2v) is 11.1. The lowest BCUT2D eigenvalue weighted by Gasteiger charge is -2.34. The number of amides is 3. The smallest absolute Gasteiger partial charge is 0.264 e. The van der Waals surface area contributed by atoms with E-state index in [1.807, 2.05) is 16.3 Å². The quantitative estimate of drug-likeness (QED) is 0.532. The maximum absolute atomic E-state index is 13.4. The molecule has 0 radical (unpaired) electrons. The minimum Gasteiger partial charge on any atom is -0.379 e. The van der Waals surface area contributed by atoms with E-state index in [1.165, 1.54) is 11.3 Å². The minimum atomic E-state index is -0.625. The molecule has 2 aliphatic rings. The van der Waals surface area contributed by atoms with E-state index in [-0.39, 0.29) is 29.2 Å². The van der Waals surface area contributed by atoms with Crippen molar-refractivity contribution >= 4 is 29.1 Å². The third-order valence-electron chi connectivity index (χ3n) is 6.22. The number of rotatable bonds is 9. The van der Waals surface area contributed by atoms with E-state index in [0.29, 0.717) is 57.1 Å². The average Bonchev–Trinajstić information content (AvgIpc) is 3.47. The number of carbonyl (C=O) groups is 3. The molecule has 0 spiro atoms. The van der Waals surface area contributed by atoms with Crippen molar-refractivity contribution in [2.75, 3.05) is 59.0 Å². The summed E-state index contributed by atoms with van der Waals surface area (Å²) in [7, 11) is 0. The first-order chi connectivity index (χ1) is 16.2. The number of nitrogens with two attached hydrogens (primary N) is 1. The van der Waals surface area contributed by atoms with Gasteiger partial charge in [-0.25, -0.2) is 0 Å². The van der Waals surface area contributed by atoms with E-state index in [2.05, 4.69) is 31.0 Å². The molecule has 2 atom stereocenters. The Morgan fingerprint density at radius 3 is 2.62 bits per heavy atom. The Balaban J connectivity index is 1.80. The number of likely N-dealkylation sites (tertiary alicyclic amines) is 1. The van der Waals surface area contributed by atoms with Gasteiger partial charge in [0.2, 0.25) is 11.8 Å². The molecule has 2 fully saturated rings. The number of nitrogens with one attached hydrogen (secondary N) is 1. The molecule has 2 unspecified atom stereocenters. The molecule has 1 aromatic rings. The van der Waals surface area contributed by atoms with Gasteiger partial charge in [-0.2, -0.15) is 0 Å². The molecule has 3 rings (SSSR count). The lowest BCUT2D eigenvalue weighted by Crippen LogP contribution is -2.48. The van der Waals surface area contributed by atoms with Gasteiger partial charge < -0.3 is 25.6 Å². The third-order valence-corrected chi connectivity index (χ3v) is 7.08. The summed E-state index contributed by atoms with van der Waals surface area (Å²) in [4.78, 5) is 46.1. The zero-order valence-corrected chi connectivity index (χ0v) is 21.4. The van der Waals surface area contributed by atoms with Crippen LogP contribution in [0.15, 0.2) is 17.5 Å². The summed E-state index contributed by atoms with van der Waals surface area (Å²) >= 11 is 1.36. The number of thiophene rings is 1. The Kier molecular flexibility index (Phi) is 9.47. The number of hydrogen-bond donors (Lipinski definition) is 2. The predicted molar refractivity (Wildman–Crippen MR) is 133 cm³/mol. The highest BCUT2D eigenvalue weighted by molar-refractivity contribution is 7.12. The van der Waals surface area contributed by atoms with Gasteiger partial charge in [-0.15, -0.1) is 11.3 Å². The molecule has 190 valence electrons. The lowest BCUT2D eigenvalue weighted by molar-refractivity contribution is -0.135. The fourth-order valence-electron chi connectivity index (χ4n) is 4.51. The van der Waals surface area contributed by atoms with E-state index in [0.717, 1.165) is 19.6 Å². The van der Waals surface area contributed by atoms with Gasteiger partial charge in [-0.3, -0.25) is 19.3 Å². The van der Waals surface area contributed by atoms with Crippen LogP contribution in [0.5, 0.6) is 0 Å². The van der Waals surface area contributed by atoms with E-state index in [4.69, 9.17) is 10.5 Å². The Morgan fingerprint density at radius 1 is 1.26 bits per heavy atom. The predicted octanol–water partition coefficient (Wildman–Crippen LogP) is 1.00. The van der Waals surface area contributed by atoms with Crippen LogP contribution in [0.25, 0.3) is 0 Å². The molecule has 0 aliphatic carbocycles. The van der Waals surface area contributed by atoms with Crippen molar-refractivity contribution in [1.29, 1.82) is 0 Å². The van der Waals surface area contributed by atoms with Crippen molar-refractivity contribution in [3.8, 4) is 0 Å². The molecule has 0 saturated carbocycles. The standard InChI is InChI=1S/C24H39N5O4S/c1-24(2,3)16-21(30)28(9-8-27-10-12-33-13-11-27)18-15-19(22(31)26-7-6-25)29(17-18)23(32)20-5-4-14-34-20/h4-5,14,18-19H,6-13,15-17,25H2,1-3H3,(H,26,31). The number of nitrogens with zero attached hydrogens (tertiary/aromatic N) is 3. The number of carbonyl (C=O) groups excluding carboxylic acids is 3. The molecule has 3 N–H and O–H groups in total. The van der Waals surface area contributed by atoms with Crippen molar-refractivity contribution in [2.45, 2.75) is 45.7 Å². The molecule has 34 heavy (non-hydrogen) atoms. The molecule has 2 aliphatic heterocycles. The molecule has 10 heteroatoms. The van der Waals surface area contributed by atoms with Crippen LogP contribution in [-0.4, -0.2) is 104 Å². The van der Waals surface area contributed by atoms with Gasteiger partial charge in [0, 0.05) is 52.2 Å². The summed E-state index contributed by atoms with van der Waals surface area (Å²) in [6.07, 6.45) is 0.835. The van der Waals surface area contributed by atoms with E-state index in [1.54, 1.807) is 11.0 Å². The second-order valence-electron chi connectivity index (χ2n) is 10.2. The van der Waals surface area contributed by atoms with Crippen LogP contribution in [0, 0.1) is 5.41 Å². The first-order valence-corrected chi connectivity index (χ1v) is 13.0. The molecule has 2 saturated heterocycles. The number of ether oxygens (including phenoxy) is 1. The highest BCUT2D eigenvalue weighted by Crippen LogP contribution is 2.28.